The third-order valence-corrected chi connectivity index (χ3v) is 11.8. The van der Waals surface area contributed by atoms with Crippen molar-refractivity contribution < 1.29 is 20.1 Å². The molecule has 0 fully saturated rings. The molecule has 3 aromatic heterocycles. The quantitative estimate of drug-likeness (QED) is 0.118. The first-order chi connectivity index (χ1) is 23.1. The molecule has 4 aromatic carbocycles. The van der Waals surface area contributed by atoms with Crippen LogP contribution in [0.5, 0.6) is 0 Å². The van der Waals surface area contributed by atoms with Gasteiger partial charge in [0.2, 0.25) is 0 Å². The minimum Gasteiger partial charge on any atom is -0.305 e. The molecule has 49 heavy (non-hydrogen) atoms. The molecule has 251 valence electrons. The van der Waals surface area contributed by atoms with Crippen molar-refractivity contribution in [2.24, 2.45) is 5.92 Å². The van der Waals surface area contributed by atoms with E-state index in [0.717, 1.165) is 28.9 Å². The van der Waals surface area contributed by atoms with Gasteiger partial charge >= 0.3 is 0 Å². The van der Waals surface area contributed by atoms with Gasteiger partial charge in [0.25, 0.3) is 0 Å². The second-order valence-electron chi connectivity index (χ2n) is 14.3. The number of aromatic nitrogens is 2. The summed E-state index contributed by atoms with van der Waals surface area (Å²) in [4.78, 5) is 9.34. The summed E-state index contributed by atoms with van der Waals surface area (Å²) >= 11 is 1.84. The van der Waals surface area contributed by atoms with E-state index in [1.165, 1.54) is 47.6 Å². The van der Waals surface area contributed by atoms with Crippen molar-refractivity contribution in [3.8, 4) is 33.6 Å². The van der Waals surface area contributed by atoms with Gasteiger partial charge in [-0.15, -0.1) is 59.7 Å². The number of hydrogen-bond donors (Lipinski definition) is 0. The summed E-state index contributed by atoms with van der Waals surface area (Å²) in [5.41, 5.74) is 9.52. The van der Waals surface area contributed by atoms with Crippen LogP contribution in [0.3, 0.4) is 0 Å². The van der Waals surface area contributed by atoms with Gasteiger partial charge in [0.15, 0.2) is 0 Å². The first kappa shape index (κ1) is 36.5. The van der Waals surface area contributed by atoms with Gasteiger partial charge in [0.1, 0.15) is 0 Å². The van der Waals surface area contributed by atoms with E-state index in [0.29, 0.717) is 11.8 Å². The zero-order valence-electron chi connectivity index (χ0n) is 29.5. The summed E-state index contributed by atoms with van der Waals surface area (Å²) in [5.74, 6) is 1.16. The summed E-state index contributed by atoms with van der Waals surface area (Å²) < 4.78 is 2.57. The van der Waals surface area contributed by atoms with Gasteiger partial charge in [-0.3, -0.25) is 0 Å². The maximum atomic E-state index is 4.68. The van der Waals surface area contributed by atoms with Crippen LogP contribution >= 0.6 is 11.3 Å². The van der Waals surface area contributed by atoms with E-state index >= 15 is 0 Å². The average Bonchev–Trinajstić information content (AvgIpc) is 3.47. The number of nitrogens with zero attached hydrogens (tertiary/aromatic N) is 2. The van der Waals surface area contributed by atoms with E-state index in [-0.39, 0.29) is 20.1 Å². The molecular formula is C44H44IrN2SSi-2. The van der Waals surface area contributed by atoms with Crippen molar-refractivity contribution in [2.45, 2.75) is 59.7 Å². The Labute approximate surface area is 311 Å². The van der Waals surface area contributed by atoms with Crippen LogP contribution in [0.15, 0.2) is 116 Å². The normalized spacial score (nSPS) is 11.4. The molecule has 3 heterocycles. The molecule has 0 unspecified atom stereocenters. The van der Waals surface area contributed by atoms with Crippen molar-refractivity contribution in [3.63, 3.8) is 0 Å². The van der Waals surface area contributed by atoms with E-state index in [1.807, 2.05) is 41.8 Å². The van der Waals surface area contributed by atoms with E-state index in [2.05, 4.69) is 154 Å². The summed E-state index contributed by atoms with van der Waals surface area (Å²) in [5, 5.41) is 4.06. The van der Waals surface area contributed by atoms with E-state index in [4.69, 9.17) is 0 Å². The van der Waals surface area contributed by atoms with Gasteiger partial charge in [-0.05, 0) is 68.2 Å². The Morgan fingerprint density at radius 1 is 0.714 bits per heavy atom. The van der Waals surface area contributed by atoms with Crippen molar-refractivity contribution >= 4 is 44.8 Å². The Morgan fingerprint density at radius 2 is 1.49 bits per heavy atom. The smallest absolute Gasteiger partial charge is 0.0799 e. The standard InChI is InChI=1S/C27H22NS.C17H22NSi.Ir/c1-18(2)15-19-13-14-28-25(16-19)24-10-6-9-23-22-12-11-21(17-26(22)29-27(23)24)20-7-4-3-5-8-20;1-13(2)15-11-16(14-9-7-6-8-10-14)18-12-17(15)19(3,4)5;/h3-9,11-14,16-18H,15H2,1-2H3;6-9,11-13H,1-5H3;/q2*-1;. The molecule has 0 bridgehead atoms. The Bertz CT molecular complexity index is 2150. The molecular weight excluding hydrogens is 809 g/mol. The third-order valence-electron chi connectivity index (χ3n) is 8.62. The van der Waals surface area contributed by atoms with Crippen molar-refractivity contribution in [2.75, 3.05) is 0 Å². The van der Waals surface area contributed by atoms with Crippen molar-refractivity contribution in [1.29, 1.82) is 0 Å². The predicted molar refractivity (Wildman–Crippen MR) is 211 cm³/mol. The minimum atomic E-state index is -1.34. The third kappa shape index (κ3) is 8.53. The van der Waals surface area contributed by atoms with E-state index in [9.17, 15) is 0 Å². The van der Waals surface area contributed by atoms with Crippen molar-refractivity contribution in [1.82, 2.24) is 9.97 Å². The summed E-state index contributed by atoms with van der Waals surface area (Å²) in [6.45, 7) is 16.2. The van der Waals surface area contributed by atoms with Gasteiger partial charge < -0.3 is 9.97 Å². The largest absolute Gasteiger partial charge is 0.305 e. The van der Waals surface area contributed by atoms with Crippen LogP contribution in [0.25, 0.3) is 53.8 Å². The molecule has 0 spiro atoms. The molecule has 2 nitrogen and oxygen atoms in total. The fraction of sp³-hybridized carbons (Fsp3) is 0.227. The van der Waals surface area contributed by atoms with Gasteiger partial charge in [0.05, 0.1) is 8.07 Å². The van der Waals surface area contributed by atoms with Crippen LogP contribution in [0.1, 0.15) is 44.7 Å². The Balaban J connectivity index is 0.000000205. The van der Waals surface area contributed by atoms with E-state index in [1.54, 1.807) is 0 Å². The zero-order valence-corrected chi connectivity index (χ0v) is 33.7. The molecule has 0 saturated heterocycles. The molecule has 7 aromatic rings. The average molecular weight is 853 g/mol. The molecule has 0 aliphatic carbocycles. The second-order valence-corrected chi connectivity index (χ2v) is 20.4. The Kier molecular flexibility index (Phi) is 11.8. The van der Waals surface area contributed by atoms with Gasteiger partial charge in [-0.1, -0.05) is 118 Å². The number of pyridine rings is 2. The Hall–Kier alpha value is -3.73. The van der Waals surface area contributed by atoms with Crippen LogP contribution in [0.2, 0.25) is 19.6 Å². The molecule has 0 amide bonds. The Morgan fingerprint density at radius 3 is 2.18 bits per heavy atom. The fourth-order valence-electron chi connectivity index (χ4n) is 6.23. The molecule has 0 saturated carbocycles. The van der Waals surface area contributed by atoms with Crippen molar-refractivity contribution in [3.05, 3.63) is 139 Å². The van der Waals surface area contributed by atoms with Crippen LogP contribution in [-0.2, 0) is 26.5 Å². The van der Waals surface area contributed by atoms with E-state index < -0.39 is 8.07 Å². The minimum absolute atomic E-state index is 0. The van der Waals surface area contributed by atoms with Crippen LogP contribution < -0.4 is 5.19 Å². The van der Waals surface area contributed by atoms with Crippen LogP contribution in [0, 0.1) is 18.1 Å². The first-order valence-electron chi connectivity index (χ1n) is 16.9. The zero-order chi connectivity index (χ0) is 33.8. The SMILES string of the molecule is CC(C)Cc1ccnc(-c2[c-]ccc3c2sc2cc(-c4ccccc4)ccc23)c1.CC(C)c1cc(-c2[c-]cccc2)ncc1[Si](C)(C)C.[Ir]. The fourth-order valence-corrected chi connectivity index (χ4v) is 9.15. The number of thiophene rings is 1. The second kappa shape index (κ2) is 15.9. The van der Waals surface area contributed by atoms with Gasteiger partial charge in [-0.2, -0.15) is 11.3 Å². The predicted octanol–water partition coefficient (Wildman–Crippen LogP) is 12.0. The summed E-state index contributed by atoms with van der Waals surface area (Å²) in [7, 11) is -1.34. The van der Waals surface area contributed by atoms with Crippen LogP contribution in [0.4, 0.5) is 0 Å². The van der Waals surface area contributed by atoms with Crippen LogP contribution in [-0.4, -0.2) is 18.0 Å². The maximum absolute atomic E-state index is 4.68. The topological polar surface area (TPSA) is 25.8 Å². The summed E-state index contributed by atoms with van der Waals surface area (Å²) in [6.07, 6.45) is 5.09. The number of benzene rings is 4. The molecule has 7 rings (SSSR count). The number of hydrogen-bond acceptors (Lipinski definition) is 3. The molecule has 0 aliphatic heterocycles. The number of fused-ring (bicyclic) bond motifs is 3. The summed E-state index contributed by atoms with van der Waals surface area (Å²) in [6, 6.07) is 42.9. The molecule has 0 atom stereocenters. The first-order valence-corrected chi connectivity index (χ1v) is 21.3. The van der Waals surface area contributed by atoms with Gasteiger partial charge in [-0.25, -0.2) is 0 Å². The molecule has 1 radical (unpaired) electrons. The van der Waals surface area contributed by atoms with Gasteiger partial charge in [0, 0.05) is 37.2 Å². The molecule has 0 N–H and O–H groups in total. The maximum Gasteiger partial charge on any atom is 0.0799 e. The monoisotopic (exact) mass is 853 g/mol. The number of rotatable bonds is 7. The molecule has 5 heteroatoms. The molecule has 0 aliphatic rings.